The van der Waals surface area contributed by atoms with Gasteiger partial charge >= 0.3 is 4.87 Å². The summed E-state index contributed by atoms with van der Waals surface area (Å²) < 4.78 is 10.5. The largest absolute Gasteiger partial charge is 0.497 e. The summed E-state index contributed by atoms with van der Waals surface area (Å²) in [5, 5.41) is 0. The molecule has 0 saturated carbocycles. The molecule has 2 heterocycles. The molecule has 2 aromatic rings. The van der Waals surface area contributed by atoms with E-state index in [-0.39, 0.29) is 4.87 Å². The van der Waals surface area contributed by atoms with Crippen LogP contribution in [0.4, 0.5) is 0 Å². The molecule has 0 bridgehead atoms. The minimum Gasteiger partial charge on any atom is -0.497 e. The summed E-state index contributed by atoms with van der Waals surface area (Å²) in [5.41, 5.74) is 1.93. The SMILES string of the molecule is COc1ccc(-c2[nH]c(=O)sc2CN2CCOCC2)cc1. The Morgan fingerprint density at radius 3 is 2.67 bits per heavy atom. The van der Waals surface area contributed by atoms with Crippen molar-refractivity contribution in [3.05, 3.63) is 38.8 Å². The smallest absolute Gasteiger partial charge is 0.305 e. The molecule has 0 radical (unpaired) electrons. The van der Waals surface area contributed by atoms with E-state index < -0.39 is 0 Å². The first-order valence-electron chi connectivity index (χ1n) is 6.93. The van der Waals surface area contributed by atoms with Crippen molar-refractivity contribution in [2.75, 3.05) is 33.4 Å². The van der Waals surface area contributed by atoms with Crippen molar-refractivity contribution in [3.8, 4) is 17.0 Å². The van der Waals surface area contributed by atoms with Crippen LogP contribution >= 0.6 is 11.3 Å². The monoisotopic (exact) mass is 306 g/mol. The van der Waals surface area contributed by atoms with Crippen LogP contribution in [-0.4, -0.2) is 43.3 Å². The second kappa shape index (κ2) is 6.43. The van der Waals surface area contributed by atoms with E-state index in [0.717, 1.165) is 54.7 Å². The summed E-state index contributed by atoms with van der Waals surface area (Å²) in [6.07, 6.45) is 0. The molecule has 0 aliphatic carbocycles. The fourth-order valence-electron chi connectivity index (χ4n) is 2.42. The molecule has 1 aromatic heterocycles. The maximum Gasteiger partial charge on any atom is 0.305 e. The number of benzene rings is 1. The van der Waals surface area contributed by atoms with Gasteiger partial charge in [-0.2, -0.15) is 0 Å². The predicted molar refractivity (Wildman–Crippen MR) is 83.0 cm³/mol. The third-order valence-electron chi connectivity index (χ3n) is 3.57. The normalized spacial score (nSPS) is 16.0. The van der Waals surface area contributed by atoms with Crippen LogP contribution in [0.2, 0.25) is 0 Å². The molecule has 1 fully saturated rings. The highest BCUT2D eigenvalue weighted by Crippen LogP contribution is 2.26. The first-order valence-corrected chi connectivity index (χ1v) is 7.74. The van der Waals surface area contributed by atoms with Crippen molar-refractivity contribution in [3.63, 3.8) is 0 Å². The first-order chi connectivity index (χ1) is 10.3. The maximum atomic E-state index is 11.7. The van der Waals surface area contributed by atoms with Crippen LogP contribution in [0.15, 0.2) is 29.1 Å². The molecule has 1 aliphatic heterocycles. The lowest BCUT2D eigenvalue weighted by Gasteiger charge is -2.26. The minimum absolute atomic E-state index is 0.0101. The Labute approximate surface area is 127 Å². The molecule has 0 unspecified atom stereocenters. The number of ether oxygens (including phenoxy) is 2. The number of H-pyrrole nitrogens is 1. The van der Waals surface area contributed by atoms with Crippen LogP contribution in [0.25, 0.3) is 11.3 Å². The maximum absolute atomic E-state index is 11.7. The van der Waals surface area contributed by atoms with Crippen LogP contribution < -0.4 is 9.61 Å². The Hall–Kier alpha value is -1.63. The number of methoxy groups -OCH3 is 1. The third-order valence-corrected chi connectivity index (χ3v) is 4.44. The van der Waals surface area contributed by atoms with Crippen molar-refractivity contribution in [1.82, 2.24) is 9.88 Å². The number of aromatic amines is 1. The van der Waals surface area contributed by atoms with Gasteiger partial charge in [-0.05, 0) is 29.8 Å². The first kappa shape index (κ1) is 14.3. The highest BCUT2D eigenvalue weighted by molar-refractivity contribution is 7.09. The van der Waals surface area contributed by atoms with Crippen molar-refractivity contribution in [1.29, 1.82) is 0 Å². The molecule has 1 aliphatic rings. The molecule has 0 atom stereocenters. The van der Waals surface area contributed by atoms with E-state index in [4.69, 9.17) is 9.47 Å². The number of rotatable bonds is 4. The Bertz CT molecular complexity index is 642. The van der Waals surface area contributed by atoms with Gasteiger partial charge in [0.25, 0.3) is 0 Å². The van der Waals surface area contributed by atoms with Gasteiger partial charge in [-0.15, -0.1) is 0 Å². The molecular weight excluding hydrogens is 288 g/mol. The molecule has 5 nitrogen and oxygen atoms in total. The lowest BCUT2D eigenvalue weighted by Crippen LogP contribution is -2.35. The molecule has 1 N–H and O–H groups in total. The number of hydrogen-bond donors (Lipinski definition) is 1. The molecule has 6 heteroatoms. The average molecular weight is 306 g/mol. The van der Waals surface area contributed by atoms with E-state index in [9.17, 15) is 4.79 Å². The van der Waals surface area contributed by atoms with Gasteiger partial charge in [-0.25, -0.2) is 0 Å². The Kier molecular flexibility index (Phi) is 4.38. The van der Waals surface area contributed by atoms with Crippen LogP contribution in [-0.2, 0) is 11.3 Å². The van der Waals surface area contributed by atoms with Crippen LogP contribution in [0.1, 0.15) is 4.88 Å². The molecule has 21 heavy (non-hydrogen) atoms. The van der Waals surface area contributed by atoms with Gasteiger partial charge in [-0.1, -0.05) is 11.3 Å². The number of morpholine rings is 1. The summed E-state index contributed by atoms with van der Waals surface area (Å²) in [5.74, 6) is 0.811. The van der Waals surface area contributed by atoms with Gasteiger partial charge in [0.1, 0.15) is 5.75 Å². The zero-order chi connectivity index (χ0) is 14.7. The van der Waals surface area contributed by atoms with Gasteiger partial charge in [0.05, 0.1) is 26.0 Å². The van der Waals surface area contributed by atoms with Gasteiger partial charge < -0.3 is 14.5 Å². The lowest BCUT2D eigenvalue weighted by atomic mass is 10.1. The van der Waals surface area contributed by atoms with Gasteiger partial charge in [0, 0.05) is 24.5 Å². The standard InChI is InChI=1S/C15H18N2O3S/c1-19-12-4-2-11(3-5-12)14-13(21-15(18)16-14)10-17-6-8-20-9-7-17/h2-5H,6-10H2,1H3,(H,16,18). The molecule has 3 rings (SSSR count). The molecule has 112 valence electrons. The van der Waals surface area contributed by atoms with Crippen LogP contribution in [0.3, 0.4) is 0 Å². The molecule has 0 spiro atoms. The van der Waals surface area contributed by atoms with E-state index in [1.807, 2.05) is 24.3 Å². The predicted octanol–water partition coefficient (Wildman–Crippen LogP) is 1.94. The van der Waals surface area contributed by atoms with Gasteiger partial charge in [-0.3, -0.25) is 9.69 Å². The van der Waals surface area contributed by atoms with E-state index in [2.05, 4.69) is 9.88 Å². The van der Waals surface area contributed by atoms with Crippen molar-refractivity contribution >= 4 is 11.3 Å². The average Bonchev–Trinajstić information content (AvgIpc) is 2.89. The summed E-state index contributed by atoms with van der Waals surface area (Å²) >= 11 is 1.29. The van der Waals surface area contributed by atoms with Crippen molar-refractivity contribution < 1.29 is 9.47 Å². The minimum atomic E-state index is -0.0101. The molecular formula is C15H18N2O3S. The second-order valence-corrected chi connectivity index (χ2v) is 6.00. The fourth-order valence-corrected chi connectivity index (χ4v) is 3.32. The van der Waals surface area contributed by atoms with E-state index in [1.54, 1.807) is 7.11 Å². The zero-order valence-corrected chi connectivity index (χ0v) is 12.7. The highest BCUT2D eigenvalue weighted by Gasteiger charge is 2.16. The Morgan fingerprint density at radius 2 is 2.00 bits per heavy atom. The number of nitrogens with one attached hydrogen (secondary N) is 1. The van der Waals surface area contributed by atoms with Gasteiger partial charge in [0.15, 0.2) is 0 Å². The second-order valence-electron chi connectivity index (χ2n) is 4.93. The summed E-state index contributed by atoms with van der Waals surface area (Å²) in [4.78, 5) is 18.1. The Balaban J connectivity index is 1.85. The van der Waals surface area contributed by atoms with Crippen LogP contribution in [0, 0.1) is 0 Å². The molecule has 1 saturated heterocycles. The quantitative estimate of drug-likeness (QED) is 0.938. The summed E-state index contributed by atoms with van der Waals surface area (Å²) in [7, 11) is 1.64. The van der Waals surface area contributed by atoms with Crippen molar-refractivity contribution in [2.24, 2.45) is 0 Å². The third kappa shape index (κ3) is 3.34. The van der Waals surface area contributed by atoms with E-state index >= 15 is 0 Å². The van der Waals surface area contributed by atoms with Crippen LogP contribution in [0.5, 0.6) is 5.75 Å². The lowest BCUT2D eigenvalue weighted by molar-refractivity contribution is 0.0347. The summed E-state index contributed by atoms with van der Waals surface area (Å²) in [6, 6.07) is 7.76. The number of nitrogens with zero attached hydrogens (tertiary/aromatic N) is 1. The fraction of sp³-hybridized carbons (Fsp3) is 0.400. The highest BCUT2D eigenvalue weighted by atomic mass is 32.1. The van der Waals surface area contributed by atoms with Gasteiger partial charge in [0.2, 0.25) is 0 Å². The number of aromatic nitrogens is 1. The number of thiazole rings is 1. The zero-order valence-electron chi connectivity index (χ0n) is 11.9. The number of hydrogen-bond acceptors (Lipinski definition) is 5. The summed E-state index contributed by atoms with van der Waals surface area (Å²) in [6.45, 7) is 4.13. The molecule has 1 aromatic carbocycles. The Morgan fingerprint density at radius 1 is 1.29 bits per heavy atom. The molecule has 0 amide bonds. The topological polar surface area (TPSA) is 54.6 Å². The van der Waals surface area contributed by atoms with E-state index in [1.165, 1.54) is 11.3 Å². The van der Waals surface area contributed by atoms with Crippen molar-refractivity contribution in [2.45, 2.75) is 6.54 Å². The van der Waals surface area contributed by atoms with E-state index in [0.29, 0.717) is 0 Å².